The Kier molecular flexibility index (Phi) is 6.28. The van der Waals surface area contributed by atoms with Crippen LogP contribution in [0.5, 0.6) is 11.5 Å². The predicted octanol–water partition coefficient (Wildman–Crippen LogP) is 5.19. The number of hydrogen-bond acceptors (Lipinski definition) is 3. The average molecular weight is 386 g/mol. The van der Waals surface area contributed by atoms with E-state index < -0.39 is 5.82 Å². The highest BCUT2D eigenvalue weighted by Crippen LogP contribution is 2.23. The molecule has 27 heavy (non-hydrogen) atoms. The number of carbonyl (C=O) groups excluding carboxylic acids is 1. The van der Waals surface area contributed by atoms with Crippen molar-refractivity contribution in [2.24, 2.45) is 0 Å². The molecule has 0 saturated heterocycles. The maximum absolute atomic E-state index is 13.2. The molecule has 0 aliphatic heterocycles. The molecule has 1 N–H and O–H groups in total. The Morgan fingerprint density at radius 2 is 1.63 bits per heavy atom. The number of halogens is 2. The summed E-state index contributed by atoms with van der Waals surface area (Å²) in [7, 11) is 0. The van der Waals surface area contributed by atoms with Crippen LogP contribution in [0.25, 0.3) is 0 Å². The number of benzene rings is 3. The van der Waals surface area contributed by atoms with Crippen LogP contribution in [0.4, 0.5) is 10.1 Å². The summed E-state index contributed by atoms with van der Waals surface area (Å²) in [6, 6.07) is 20.2. The minimum Gasteiger partial charge on any atom is -0.490 e. The maximum Gasteiger partial charge on any atom is 0.259 e. The lowest BCUT2D eigenvalue weighted by Crippen LogP contribution is -2.15. The second-order valence-electron chi connectivity index (χ2n) is 5.59. The van der Waals surface area contributed by atoms with Gasteiger partial charge in [0, 0.05) is 5.69 Å². The molecule has 0 unspecified atom stereocenters. The van der Waals surface area contributed by atoms with Gasteiger partial charge in [0.1, 0.15) is 30.5 Å². The molecule has 0 aromatic heterocycles. The smallest absolute Gasteiger partial charge is 0.259 e. The fraction of sp³-hybridized carbons (Fsp3) is 0.0952. The lowest BCUT2D eigenvalue weighted by Gasteiger charge is -2.12. The Hall–Kier alpha value is -3.05. The van der Waals surface area contributed by atoms with Gasteiger partial charge in [-0.2, -0.15) is 0 Å². The van der Waals surface area contributed by atoms with Gasteiger partial charge in [0.05, 0.1) is 10.6 Å². The molecular weight excluding hydrogens is 369 g/mol. The molecule has 0 radical (unpaired) electrons. The van der Waals surface area contributed by atoms with Gasteiger partial charge in [-0.05, 0) is 42.5 Å². The molecule has 0 saturated carbocycles. The Labute approximate surface area is 161 Å². The third kappa shape index (κ3) is 5.21. The summed E-state index contributed by atoms with van der Waals surface area (Å²) in [4.78, 5) is 12.5. The van der Waals surface area contributed by atoms with Crippen LogP contribution in [0.1, 0.15) is 10.4 Å². The molecule has 0 fully saturated rings. The highest BCUT2D eigenvalue weighted by molar-refractivity contribution is 6.31. The number of carbonyl (C=O) groups is 1. The molecule has 4 nitrogen and oxygen atoms in total. The first-order chi connectivity index (χ1) is 13.1. The van der Waals surface area contributed by atoms with Gasteiger partial charge < -0.3 is 14.8 Å². The molecular formula is C21H17ClFNO3. The Morgan fingerprint density at radius 3 is 2.41 bits per heavy atom. The molecule has 0 aliphatic carbocycles. The summed E-state index contributed by atoms with van der Waals surface area (Å²) in [5.41, 5.74) is 0.756. The number of ether oxygens (including phenoxy) is 2. The van der Waals surface area contributed by atoms with E-state index in [0.29, 0.717) is 23.6 Å². The van der Waals surface area contributed by atoms with E-state index >= 15 is 0 Å². The fourth-order valence-corrected chi connectivity index (χ4v) is 2.56. The fourth-order valence-electron chi connectivity index (χ4n) is 2.38. The zero-order chi connectivity index (χ0) is 19.1. The molecule has 138 valence electrons. The van der Waals surface area contributed by atoms with E-state index in [0.717, 1.165) is 5.75 Å². The van der Waals surface area contributed by atoms with Crippen molar-refractivity contribution < 1.29 is 18.7 Å². The second kappa shape index (κ2) is 9.05. The number of nitrogens with one attached hydrogen (secondary N) is 1. The molecule has 3 rings (SSSR count). The standard InChI is InChI=1S/C21H17ClFNO3/c22-18-14-15(10-11-19(18)23)24-21(25)17-8-4-5-9-20(17)27-13-12-26-16-6-2-1-3-7-16/h1-11,14H,12-13H2,(H,24,25). The Morgan fingerprint density at radius 1 is 0.926 bits per heavy atom. The topological polar surface area (TPSA) is 47.6 Å². The van der Waals surface area contributed by atoms with Gasteiger partial charge in [-0.3, -0.25) is 4.79 Å². The van der Waals surface area contributed by atoms with Crippen LogP contribution in [0.2, 0.25) is 5.02 Å². The third-order valence-electron chi connectivity index (χ3n) is 3.66. The number of rotatable bonds is 7. The largest absolute Gasteiger partial charge is 0.490 e. The second-order valence-corrected chi connectivity index (χ2v) is 6.00. The quantitative estimate of drug-likeness (QED) is 0.569. The first-order valence-corrected chi connectivity index (χ1v) is 8.67. The molecule has 3 aromatic rings. The molecule has 0 atom stereocenters. The highest BCUT2D eigenvalue weighted by Gasteiger charge is 2.13. The van der Waals surface area contributed by atoms with Crippen molar-refractivity contribution in [3.8, 4) is 11.5 Å². The molecule has 1 amide bonds. The van der Waals surface area contributed by atoms with Gasteiger partial charge in [0.15, 0.2) is 0 Å². The summed E-state index contributed by atoms with van der Waals surface area (Å²) in [5.74, 6) is 0.259. The molecule has 0 heterocycles. The zero-order valence-electron chi connectivity index (χ0n) is 14.3. The first-order valence-electron chi connectivity index (χ1n) is 8.29. The summed E-state index contributed by atoms with van der Waals surface area (Å²) in [5, 5.41) is 2.62. The van der Waals surface area contributed by atoms with Crippen LogP contribution in [0.3, 0.4) is 0 Å². The normalized spacial score (nSPS) is 10.3. The summed E-state index contributed by atoms with van der Waals surface area (Å²) in [6.07, 6.45) is 0. The van der Waals surface area contributed by atoms with E-state index in [1.54, 1.807) is 24.3 Å². The van der Waals surface area contributed by atoms with Gasteiger partial charge in [-0.25, -0.2) is 4.39 Å². The lowest BCUT2D eigenvalue weighted by atomic mass is 10.2. The van der Waals surface area contributed by atoms with Crippen LogP contribution >= 0.6 is 11.6 Å². The highest BCUT2D eigenvalue weighted by atomic mass is 35.5. The maximum atomic E-state index is 13.2. The van der Waals surface area contributed by atoms with Gasteiger partial charge in [-0.15, -0.1) is 0 Å². The van der Waals surface area contributed by atoms with Crippen molar-refractivity contribution in [1.82, 2.24) is 0 Å². The van der Waals surface area contributed by atoms with Gasteiger partial charge in [-0.1, -0.05) is 41.9 Å². The Bertz CT molecular complexity index is 918. The van der Waals surface area contributed by atoms with Crippen molar-refractivity contribution in [1.29, 1.82) is 0 Å². The van der Waals surface area contributed by atoms with Gasteiger partial charge >= 0.3 is 0 Å². The molecule has 6 heteroatoms. The van der Waals surface area contributed by atoms with E-state index in [4.69, 9.17) is 21.1 Å². The first kappa shape index (κ1) is 18.7. The van der Waals surface area contributed by atoms with Gasteiger partial charge in [0.25, 0.3) is 5.91 Å². The molecule has 3 aromatic carbocycles. The lowest BCUT2D eigenvalue weighted by molar-refractivity contribution is 0.102. The minimum atomic E-state index is -0.545. The van der Waals surface area contributed by atoms with E-state index in [-0.39, 0.29) is 17.5 Å². The summed E-state index contributed by atoms with van der Waals surface area (Å²) < 4.78 is 24.5. The summed E-state index contributed by atoms with van der Waals surface area (Å²) >= 11 is 5.74. The van der Waals surface area contributed by atoms with Crippen LogP contribution in [0, 0.1) is 5.82 Å². The third-order valence-corrected chi connectivity index (χ3v) is 3.95. The number of anilines is 1. The van der Waals surface area contributed by atoms with E-state index in [1.807, 2.05) is 30.3 Å². The number of hydrogen-bond donors (Lipinski definition) is 1. The zero-order valence-corrected chi connectivity index (χ0v) is 15.1. The monoisotopic (exact) mass is 385 g/mol. The van der Waals surface area contributed by atoms with Crippen molar-refractivity contribution >= 4 is 23.2 Å². The van der Waals surface area contributed by atoms with Crippen molar-refractivity contribution in [3.63, 3.8) is 0 Å². The van der Waals surface area contributed by atoms with E-state index in [1.165, 1.54) is 18.2 Å². The predicted molar refractivity (Wildman–Crippen MR) is 103 cm³/mol. The van der Waals surface area contributed by atoms with Crippen molar-refractivity contribution in [3.05, 3.63) is 89.2 Å². The van der Waals surface area contributed by atoms with Crippen LogP contribution in [0.15, 0.2) is 72.8 Å². The van der Waals surface area contributed by atoms with Gasteiger partial charge in [0.2, 0.25) is 0 Å². The van der Waals surface area contributed by atoms with Crippen LogP contribution < -0.4 is 14.8 Å². The molecule has 0 bridgehead atoms. The Balaban J connectivity index is 1.60. The summed E-state index contributed by atoms with van der Waals surface area (Å²) in [6.45, 7) is 0.620. The number of amides is 1. The van der Waals surface area contributed by atoms with Crippen molar-refractivity contribution in [2.45, 2.75) is 0 Å². The molecule has 0 aliphatic rings. The van der Waals surface area contributed by atoms with Crippen molar-refractivity contribution in [2.75, 3.05) is 18.5 Å². The average Bonchev–Trinajstić information content (AvgIpc) is 2.69. The van der Waals surface area contributed by atoms with Crippen LogP contribution in [-0.4, -0.2) is 19.1 Å². The SMILES string of the molecule is O=C(Nc1ccc(F)c(Cl)c1)c1ccccc1OCCOc1ccccc1. The van der Waals surface area contributed by atoms with E-state index in [9.17, 15) is 9.18 Å². The molecule has 0 spiro atoms. The number of para-hydroxylation sites is 2. The van der Waals surface area contributed by atoms with E-state index in [2.05, 4.69) is 5.32 Å². The minimum absolute atomic E-state index is 0.0598. The van der Waals surface area contributed by atoms with Crippen LogP contribution in [-0.2, 0) is 0 Å².